The molecule has 0 aliphatic rings. The summed E-state index contributed by atoms with van der Waals surface area (Å²) in [5.74, 6) is -0.0678. The summed E-state index contributed by atoms with van der Waals surface area (Å²) < 4.78 is 0. The first-order chi connectivity index (χ1) is 5.16. The van der Waals surface area contributed by atoms with Crippen molar-refractivity contribution < 1.29 is 4.79 Å². The maximum atomic E-state index is 10.6. The molecule has 0 aliphatic heterocycles. The molecule has 0 atom stereocenters. The highest BCUT2D eigenvalue weighted by Gasteiger charge is 1.94. The Morgan fingerprint density at radius 1 is 1.82 bits per heavy atom. The van der Waals surface area contributed by atoms with E-state index in [0.717, 1.165) is 0 Å². The van der Waals surface area contributed by atoms with Gasteiger partial charge in [-0.25, -0.2) is 5.43 Å². The highest BCUT2D eigenvalue weighted by molar-refractivity contribution is 5.78. The topological polar surface area (TPSA) is 65.2 Å². The molecule has 0 unspecified atom stereocenters. The average molecular weight is 153 g/mol. The lowest BCUT2D eigenvalue weighted by atomic mass is 10.3. The van der Waals surface area contributed by atoms with Crippen molar-refractivity contribution in [1.82, 2.24) is 5.43 Å². The monoisotopic (exact) mass is 153 g/mol. The van der Waals surface area contributed by atoms with Crippen LogP contribution < -0.4 is 5.43 Å². The van der Waals surface area contributed by atoms with Gasteiger partial charge in [-0.2, -0.15) is 10.4 Å². The minimum absolute atomic E-state index is 0.143. The van der Waals surface area contributed by atoms with E-state index in [1.54, 1.807) is 12.3 Å². The largest absolute Gasteiger partial charge is 0.272 e. The summed E-state index contributed by atoms with van der Waals surface area (Å²) >= 11 is 0. The van der Waals surface area contributed by atoms with Gasteiger partial charge in [-0.15, -0.1) is 0 Å². The molecule has 0 aromatic carbocycles. The smallest absolute Gasteiger partial charge is 0.254 e. The third-order valence-corrected chi connectivity index (χ3v) is 0.802. The first kappa shape index (κ1) is 9.63. The van der Waals surface area contributed by atoms with Gasteiger partial charge in [0.15, 0.2) is 0 Å². The molecule has 11 heavy (non-hydrogen) atoms. The zero-order chi connectivity index (χ0) is 8.69. The van der Waals surface area contributed by atoms with Crippen molar-refractivity contribution in [3.63, 3.8) is 0 Å². The normalized spacial score (nSPS) is 10.0. The number of nitrogens with zero attached hydrogens (tertiary/aromatic N) is 2. The molecule has 0 spiro atoms. The maximum absolute atomic E-state index is 10.6. The summed E-state index contributed by atoms with van der Waals surface area (Å²) in [5.41, 5.74) is 2.22. The molecule has 0 radical (unpaired) electrons. The highest BCUT2D eigenvalue weighted by atomic mass is 16.2. The van der Waals surface area contributed by atoms with Crippen molar-refractivity contribution in [3.8, 4) is 6.07 Å². The van der Waals surface area contributed by atoms with Crippen LogP contribution in [0, 0.1) is 17.2 Å². The molecular weight excluding hydrogens is 142 g/mol. The minimum atomic E-state index is -0.371. The first-order valence-electron chi connectivity index (χ1n) is 3.35. The molecule has 4 nitrogen and oxygen atoms in total. The second-order valence-electron chi connectivity index (χ2n) is 2.39. The standard InChI is InChI=1S/C7H11N3O/c1-6(2)5-9-10-7(11)3-4-8/h5-6H,3H2,1-2H3,(H,10,11). The summed E-state index contributed by atoms with van der Waals surface area (Å²) in [6.07, 6.45) is 1.46. The fraction of sp³-hybridized carbons (Fsp3) is 0.571. The zero-order valence-corrected chi connectivity index (χ0v) is 6.66. The van der Waals surface area contributed by atoms with Crippen LogP contribution >= 0.6 is 0 Å². The van der Waals surface area contributed by atoms with Crippen LogP contribution in [0.25, 0.3) is 0 Å². The molecule has 1 amide bonds. The average Bonchev–Trinajstić information content (AvgIpc) is 1.87. The van der Waals surface area contributed by atoms with Crippen molar-refractivity contribution in [2.24, 2.45) is 11.0 Å². The van der Waals surface area contributed by atoms with Crippen molar-refractivity contribution >= 4 is 12.1 Å². The second kappa shape index (κ2) is 5.42. The van der Waals surface area contributed by atoms with Gasteiger partial charge in [-0.05, 0) is 5.92 Å². The summed E-state index contributed by atoms with van der Waals surface area (Å²) in [6, 6.07) is 1.72. The van der Waals surface area contributed by atoms with E-state index in [2.05, 4.69) is 10.5 Å². The van der Waals surface area contributed by atoms with Crippen molar-refractivity contribution in [3.05, 3.63) is 0 Å². The van der Waals surface area contributed by atoms with Crippen LogP contribution in [0.1, 0.15) is 20.3 Å². The Labute approximate surface area is 65.9 Å². The number of nitriles is 1. The summed E-state index contributed by atoms with van der Waals surface area (Å²) in [7, 11) is 0. The van der Waals surface area contributed by atoms with E-state index in [4.69, 9.17) is 5.26 Å². The van der Waals surface area contributed by atoms with Gasteiger partial charge in [0.1, 0.15) is 6.42 Å². The Hall–Kier alpha value is -1.37. The number of hydrogen-bond acceptors (Lipinski definition) is 3. The van der Waals surface area contributed by atoms with Gasteiger partial charge in [0.25, 0.3) is 5.91 Å². The predicted molar refractivity (Wildman–Crippen MR) is 41.7 cm³/mol. The molecule has 0 rings (SSSR count). The van der Waals surface area contributed by atoms with E-state index in [9.17, 15) is 4.79 Å². The van der Waals surface area contributed by atoms with Crippen LogP contribution in [0.4, 0.5) is 0 Å². The lowest BCUT2D eigenvalue weighted by molar-refractivity contribution is -0.120. The van der Waals surface area contributed by atoms with Gasteiger partial charge < -0.3 is 0 Å². The van der Waals surface area contributed by atoms with Gasteiger partial charge in [0.05, 0.1) is 6.07 Å². The molecule has 0 saturated carbocycles. The molecule has 1 N–H and O–H groups in total. The van der Waals surface area contributed by atoms with Gasteiger partial charge >= 0.3 is 0 Å². The van der Waals surface area contributed by atoms with Crippen molar-refractivity contribution in [1.29, 1.82) is 5.26 Å². The maximum Gasteiger partial charge on any atom is 0.254 e. The van der Waals surface area contributed by atoms with Crippen LogP contribution in [0.2, 0.25) is 0 Å². The van der Waals surface area contributed by atoms with E-state index in [-0.39, 0.29) is 12.3 Å². The summed E-state index contributed by atoms with van der Waals surface area (Å²) in [6.45, 7) is 3.89. The molecule has 0 aromatic heterocycles. The second-order valence-corrected chi connectivity index (χ2v) is 2.39. The van der Waals surface area contributed by atoms with Gasteiger partial charge in [-0.3, -0.25) is 4.79 Å². The fourth-order valence-electron chi connectivity index (χ4n) is 0.370. The van der Waals surface area contributed by atoms with E-state index < -0.39 is 0 Å². The Kier molecular flexibility index (Phi) is 4.74. The van der Waals surface area contributed by atoms with Crippen LogP contribution in [-0.4, -0.2) is 12.1 Å². The molecule has 4 heteroatoms. The third kappa shape index (κ3) is 6.52. The first-order valence-corrected chi connectivity index (χ1v) is 3.35. The molecule has 0 saturated heterocycles. The van der Waals surface area contributed by atoms with E-state index >= 15 is 0 Å². The third-order valence-electron chi connectivity index (χ3n) is 0.802. The van der Waals surface area contributed by atoms with Crippen LogP contribution in [-0.2, 0) is 4.79 Å². The molecule has 0 heterocycles. The molecule has 0 aliphatic carbocycles. The number of amides is 1. The minimum Gasteiger partial charge on any atom is -0.272 e. The van der Waals surface area contributed by atoms with Gasteiger partial charge in [0, 0.05) is 6.21 Å². The molecule has 0 bridgehead atoms. The number of carbonyl (C=O) groups excluding carboxylic acids is 1. The highest BCUT2D eigenvalue weighted by Crippen LogP contribution is 1.83. The Morgan fingerprint density at radius 3 is 2.91 bits per heavy atom. The predicted octanol–water partition coefficient (Wildman–Crippen LogP) is 0.658. The lowest BCUT2D eigenvalue weighted by Gasteiger charge is -1.94. The number of rotatable bonds is 3. The lowest BCUT2D eigenvalue weighted by Crippen LogP contribution is -2.16. The Bertz CT molecular complexity index is 190. The summed E-state index contributed by atoms with van der Waals surface area (Å²) in [5, 5.41) is 11.7. The Morgan fingerprint density at radius 2 is 2.45 bits per heavy atom. The fourth-order valence-corrected chi connectivity index (χ4v) is 0.370. The van der Waals surface area contributed by atoms with Gasteiger partial charge in [0.2, 0.25) is 0 Å². The van der Waals surface area contributed by atoms with Crippen LogP contribution in [0.3, 0.4) is 0 Å². The van der Waals surface area contributed by atoms with Crippen molar-refractivity contribution in [2.45, 2.75) is 20.3 Å². The molecular formula is C7H11N3O. The van der Waals surface area contributed by atoms with E-state index in [1.807, 2.05) is 13.8 Å². The molecule has 60 valence electrons. The number of hydrogen-bond donors (Lipinski definition) is 1. The van der Waals surface area contributed by atoms with Gasteiger partial charge in [-0.1, -0.05) is 13.8 Å². The molecule has 0 aromatic rings. The molecule has 0 fully saturated rings. The number of hydrazone groups is 1. The van der Waals surface area contributed by atoms with Crippen LogP contribution in [0.5, 0.6) is 0 Å². The quantitative estimate of drug-likeness (QED) is 0.478. The Balaban J connectivity index is 3.55. The van der Waals surface area contributed by atoms with Crippen molar-refractivity contribution in [2.75, 3.05) is 0 Å². The number of carbonyl (C=O) groups is 1. The zero-order valence-electron chi connectivity index (χ0n) is 6.66. The number of nitrogens with one attached hydrogen (secondary N) is 1. The van der Waals surface area contributed by atoms with E-state index in [1.165, 1.54) is 0 Å². The van der Waals surface area contributed by atoms with Crippen LogP contribution in [0.15, 0.2) is 5.10 Å². The SMILES string of the molecule is CC(C)C=NNC(=O)CC#N. The van der Waals surface area contributed by atoms with E-state index in [0.29, 0.717) is 5.92 Å². The summed E-state index contributed by atoms with van der Waals surface area (Å²) in [4.78, 5) is 10.6.